The van der Waals surface area contributed by atoms with Gasteiger partial charge in [-0.15, -0.1) is 0 Å². The van der Waals surface area contributed by atoms with E-state index in [1.54, 1.807) is 18.7 Å². The van der Waals surface area contributed by atoms with Gasteiger partial charge in [-0.25, -0.2) is 4.79 Å². The van der Waals surface area contributed by atoms with Crippen LogP contribution >= 0.6 is 0 Å². The van der Waals surface area contributed by atoms with Gasteiger partial charge >= 0.3 is 12.0 Å². The van der Waals surface area contributed by atoms with Crippen LogP contribution in [0.25, 0.3) is 0 Å². The molecular weight excluding hydrogens is 260 g/mol. The van der Waals surface area contributed by atoms with E-state index in [4.69, 9.17) is 4.74 Å². The summed E-state index contributed by atoms with van der Waals surface area (Å²) in [6.07, 6.45) is 1.70. The predicted octanol–water partition coefficient (Wildman–Crippen LogP) is 1.56. The topological polar surface area (TPSA) is 78.9 Å². The number of carboxylic acids is 1. The maximum Gasteiger partial charge on any atom is 0.317 e. The highest BCUT2D eigenvalue weighted by atomic mass is 16.5. The van der Waals surface area contributed by atoms with Crippen LogP contribution in [0, 0.1) is 11.3 Å². The molecular formula is C14H26N2O4. The first-order valence-corrected chi connectivity index (χ1v) is 7.23. The van der Waals surface area contributed by atoms with Gasteiger partial charge in [-0.1, -0.05) is 0 Å². The Kier molecular flexibility index (Phi) is 6.26. The fourth-order valence-electron chi connectivity index (χ4n) is 2.41. The van der Waals surface area contributed by atoms with Gasteiger partial charge in [-0.3, -0.25) is 4.79 Å². The van der Waals surface area contributed by atoms with E-state index in [1.165, 1.54) is 0 Å². The van der Waals surface area contributed by atoms with E-state index < -0.39 is 11.4 Å². The Balaban J connectivity index is 2.48. The summed E-state index contributed by atoms with van der Waals surface area (Å²) in [5, 5.41) is 12.1. The third kappa shape index (κ3) is 4.37. The highest BCUT2D eigenvalue weighted by molar-refractivity contribution is 5.76. The number of hydrogen-bond acceptors (Lipinski definition) is 3. The molecule has 0 aromatic rings. The molecule has 1 unspecified atom stereocenters. The van der Waals surface area contributed by atoms with Gasteiger partial charge in [-0.05, 0) is 39.5 Å². The monoisotopic (exact) mass is 286 g/mol. The summed E-state index contributed by atoms with van der Waals surface area (Å²) >= 11 is 0. The van der Waals surface area contributed by atoms with E-state index in [2.05, 4.69) is 5.32 Å². The number of urea groups is 1. The van der Waals surface area contributed by atoms with E-state index >= 15 is 0 Å². The van der Waals surface area contributed by atoms with Crippen LogP contribution in [0.5, 0.6) is 0 Å². The number of carbonyl (C=O) groups excluding carboxylic acids is 1. The summed E-state index contributed by atoms with van der Waals surface area (Å²) in [5.41, 5.74) is -0.801. The molecule has 0 aliphatic carbocycles. The highest BCUT2D eigenvalue weighted by Gasteiger charge is 2.39. The molecule has 1 heterocycles. The van der Waals surface area contributed by atoms with Gasteiger partial charge in [0, 0.05) is 26.2 Å². The van der Waals surface area contributed by atoms with E-state index in [1.807, 2.05) is 6.92 Å². The first kappa shape index (κ1) is 16.8. The lowest BCUT2D eigenvalue weighted by Gasteiger charge is -2.39. The van der Waals surface area contributed by atoms with Crippen molar-refractivity contribution in [1.82, 2.24) is 10.2 Å². The average Bonchev–Trinajstić information content (AvgIpc) is 2.43. The number of carbonyl (C=O) groups is 2. The van der Waals surface area contributed by atoms with E-state index in [0.29, 0.717) is 32.8 Å². The van der Waals surface area contributed by atoms with Crippen molar-refractivity contribution in [3.05, 3.63) is 0 Å². The smallest absolute Gasteiger partial charge is 0.317 e. The van der Waals surface area contributed by atoms with Crippen LogP contribution in [0.2, 0.25) is 0 Å². The molecule has 1 fully saturated rings. The summed E-state index contributed by atoms with van der Waals surface area (Å²) in [7, 11) is 0. The standard InChI is InChI=1S/C14H26N2O4/c1-4-20-9-7-15-13(19)16-8-5-6-11(10-16)14(2,3)12(17)18/h11H,4-10H2,1-3H3,(H,15,19)(H,17,18). The molecule has 0 aromatic carbocycles. The fraction of sp³-hybridized carbons (Fsp3) is 0.857. The zero-order chi connectivity index (χ0) is 15.2. The van der Waals surface area contributed by atoms with Crippen LogP contribution in [0.15, 0.2) is 0 Å². The maximum absolute atomic E-state index is 12.0. The van der Waals surface area contributed by atoms with E-state index in [-0.39, 0.29) is 11.9 Å². The minimum Gasteiger partial charge on any atom is -0.481 e. The molecule has 1 saturated heterocycles. The third-order valence-corrected chi connectivity index (χ3v) is 4.01. The number of aliphatic carboxylic acids is 1. The SMILES string of the molecule is CCOCCNC(=O)N1CCCC(C(C)(C)C(=O)O)C1. The first-order valence-electron chi connectivity index (χ1n) is 7.23. The van der Waals surface area contributed by atoms with Gasteiger partial charge in [0.15, 0.2) is 0 Å². The number of nitrogens with zero attached hydrogens (tertiary/aromatic N) is 1. The van der Waals surface area contributed by atoms with Gasteiger partial charge < -0.3 is 20.1 Å². The molecule has 20 heavy (non-hydrogen) atoms. The minimum atomic E-state index is -0.805. The Morgan fingerprint density at radius 3 is 2.75 bits per heavy atom. The number of ether oxygens (including phenoxy) is 1. The summed E-state index contributed by atoms with van der Waals surface area (Å²) in [4.78, 5) is 25.0. The number of carboxylic acid groups (broad SMARTS) is 1. The fourth-order valence-corrected chi connectivity index (χ4v) is 2.41. The zero-order valence-corrected chi connectivity index (χ0v) is 12.6. The molecule has 0 bridgehead atoms. The van der Waals surface area contributed by atoms with Crippen molar-refractivity contribution in [2.75, 3.05) is 32.8 Å². The second-order valence-corrected chi connectivity index (χ2v) is 5.74. The van der Waals surface area contributed by atoms with Crippen LogP contribution in [-0.2, 0) is 9.53 Å². The first-order chi connectivity index (χ1) is 9.39. The van der Waals surface area contributed by atoms with Gasteiger partial charge in [0.2, 0.25) is 0 Å². The van der Waals surface area contributed by atoms with Crippen molar-refractivity contribution in [2.24, 2.45) is 11.3 Å². The van der Waals surface area contributed by atoms with E-state index in [0.717, 1.165) is 12.8 Å². The van der Waals surface area contributed by atoms with Crippen LogP contribution in [0.1, 0.15) is 33.6 Å². The Morgan fingerprint density at radius 1 is 1.45 bits per heavy atom. The van der Waals surface area contributed by atoms with Crippen molar-refractivity contribution >= 4 is 12.0 Å². The third-order valence-electron chi connectivity index (χ3n) is 4.01. The largest absolute Gasteiger partial charge is 0.481 e. The molecule has 116 valence electrons. The lowest BCUT2D eigenvalue weighted by Crippen LogP contribution is -2.50. The quantitative estimate of drug-likeness (QED) is 0.726. The molecule has 0 aromatic heterocycles. The predicted molar refractivity (Wildman–Crippen MR) is 75.6 cm³/mol. The second kappa shape index (κ2) is 7.47. The van der Waals surface area contributed by atoms with Gasteiger partial charge in [0.25, 0.3) is 0 Å². The maximum atomic E-state index is 12.0. The molecule has 1 aliphatic heterocycles. The number of nitrogens with one attached hydrogen (secondary N) is 1. The van der Waals surface area contributed by atoms with Crippen LogP contribution in [-0.4, -0.2) is 54.9 Å². The molecule has 1 aliphatic rings. The van der Waals surface area contributed by atoms with Crippen molar-refractivity contribution in [3.63, 3.8) is 0 Å². The Bertz CT molecular complexity index is 344. The second-order valence-electron chi connectivity index (χ2n) is 5.74. The molecule has 2 N–H and O–H groups in total. The lowest BCUT2D eigenvalue weighted by molar-refractivity contribution is -0.151. The van der Waals surface area contributed by atoms with Crippen molar-refractivity contribution < 1.29 is 19.4 Å². The number of piperidine rings is 1. The van der Waals surface area contributed by atoms with Gasteiger partial charge in [0.05, 0.1) is 12.0 Å². The Hall–Kier alpha value is -1.30. The average molecular weight is 286 g/mol. The zero-order valence-electron chi connectivity index (χ0n) is 12.6. The van der Waals surface area contributed by atoms with Crippen molar-refractivity contribution in [3.8, 4) is 0 Å². The van der Waals surface area contributed by atoms with Crippen molar-refractivity contribution in [2.45, 2.75) is 33.6 Å². The normalized spacial score (nSPS) is 19.8. The van der Waals surface area contributed by atoms with Crippen LogP contribution in [0.3, 0.4) is 0 Å². The molecule has 0 saturated carbocycles. The molecule has 6 nitrogen and oxygen atoms in total. The molecule has 0 radical (unpaired) electrons. The summed E-state index contributed by atoms with van der Waals surface area (Å²) in [6.45, 7) is 8.18. The number of likely N-dealkylation sites (tertiary alicyclic amines) is 1. The van der Waals surface area contributed by atoms with Crippen LogP contribution < -0.4 is 5.32 Å². The molecule has 6 heteroatoms. The molecule has 0 spiro atoms. The van der Waals surface area contributed by atoms with Crippen LogP contribution in [0.4, 0.5) is 4.79 Å². The number of amides is 2. The highest BCUT2D eigenvalue weighted by Crippen LogP contribution is 2.34. The molecule has 1 atom stereocenters. The Morgan fingerprint density at radius 2 is 2.15 bits per heavy atom. The van der Waals surface area contributed by atoms with Gasteiger partial charge in [-0.2, -0.15) is 0 Å². The van der Waals surface area contributed by atoms with Crippen molar-refractivity contribution in [1.29, 1.82) is 0 Å². The molecule has 1 rings (SSSR count). The summed E-state index contributed by atoms with van der Waals surface area (Å²) in [6, 6.07) is -0.129. The van der Waals surface area contributed by atoms with Gasteiger partial charge in [0.1, 0.15) is 0 Å². The summed E-state index contributed by atoms with van der Waals surface area (Å²) in [5.74, 6) is -0.813. The molecule has 2 amide bonds. The number of rotatable bonds is 6. The number of hydrogen-bond donors (Lipinski definition) is 2. The summed E-state index contributed by atoms with van der Waals surface area (Å²) < 4.78 is 5.17. The lowest BCUT2D eigenvalue weighted by atomic mass is 9.74. The van der Waals surface area contributed by atoms with E-state index in [9.17, 15) is 14.7 Å². The minimum absolute atomic E-state index is 0.00797. The Labute approximate surface area is 120 Å².